The SMILES string of the molecule is Cc1cc(NC(=O)c2cc(Br)ccc2N)ccc1[N+](=O)[O-]. The Morgan fingerprint density at radius 3 is 2.62 bits per heavy atom. The molecule has 7 heteroatoms. The number of benzene rings is 2. The van der Waals surface area contributed by atoms with Crippen LogP contribution in [0.25, 0.3) is 0 Å². The van der Waals surface area contributed by atoms with Gasteiger partial charge in [-0.3, -0.25) is 14.9 Å². The molecule has 2 aromatic rings. The molecule has 0 heterocycles. The second-order valence-corrected chi connectivity index (χ2v) is 5.36. The van der Waals surface area contributed by atoms with Gasteiger partial charge < -0.3 is 11.1 Å². The van der Waals surface area contributed by atoms with Crippen LogP contribution in [0.4, 0.5) is 17.1 Å². The molecule has 0 aliphatic heterocycles. The van der Waals surface area contributed by atoms with Gasteiger partial charge in [0.05, 0.1) is 10.5 Å². The summed E-state index contributed by atoms with van der Waals surface area (Å²) in [6.45, 7) is 1.61. The molecule has 108 valence electrons. The van der Waals surface area contributed by atoms with Gasteiger partial charge in [0.2, 0.25) is 0 Å². The van der Waals surface area contributed by atoms with Crippen molar-refractivity contribution in [1.82, 2.24) is 0 Å². The van der Waals surface area contributed by atoms with Gasteiger partial charge in [-0.25, -0.2) is 0 Å². The zero-order chi connectivity index (χ0) is 15.6. The number of carbonyl (C=O) groups is 1. The molecule has 0 aliphatic carbocycles. The molecule has 6 nitrogen and oxygen atoms in total. The molecule has 0 bridgehead atoms. The van der Waals surface area contributed by atoms with E-state index < -0.39 is 4.92 Å². The van der Waals surface area contributed by atoms with Crippen LogP contribution in [0.1, 0.15) is 15.9 Å². The second kappa shape index (κ2) is 5.92. The minimum Gasteiger partial charge on any atom is -0.398 e. The molecule has 2 aromatic carbocycles. The highest BCUT2D eigenvalue weighted by atomic mass is 79.9. The van der Waals surface area contributed by atoms with E-state index in [4.69, 9.17) is 5.73 Å². The molecular weight excluding hydrogens is 338 g/mol. The Morgan fingerprint density at radius 2 is 2.00 bits per heavy atom. The summed E-state index contributed by atoms with van der Waals surface area (Å²) in [6.07, 6.45) is 0. The van der Waals surface area contributed by atoms with E-state index in [0.29, 0.717) is 22.5 Å². The number of hydrogen-bond donors (Lipinski definition) is 2. The van der Waals surface area contributed by atoms with Crippen LogP contribution in [0.2, 0.25) is 0 Å². The van der Waals surface area contributed by atoms with Gasteiger partial charge >= 0.3 is 0 Å². The van der Waals surface area contributed by atoms with Crippen molar-refractivity contribution in [3.8, 4) is 0 Å². The van der Waals surface area contributed by atoms with Gasteiger partial charge in [-0.2, -0.15) is 0 Å². The Labute approximate surface area is 129 Å². The first-order valence-electron chi connectivity index (χ1n) is 6.00. The van der Waals surface area contributed by atoms with E-state index in [2.05, 4.69) is 21.2 Å². The molecular formula is C14H12BrN3O3. The Bertz CT molecular complexity index is 731. The number of nitrogens with two attached hydrogens (primary N) is 1. The summed E-state index contributed by atoms with van der Waals surface area (Å²) in [5, 5.41) is 13.4. The summed E-state index contributed by atoms with van der Waals surface area (Å²) in [6, 6.07) is 9.36. The molecule has 0 fully saturated rings. The third-order valence-corrected chi connectivity index (χ3v) is 3.40. The number of halogens is 1. The van der Waals surface area contributed by atoms with Crippen LogP contribution in [-0.2, 0) is 0 Å². The van der Waals surface area contributed by atoms with Crippen LogP contribution >= 0.6 is 15.9 Å². The molecule has 3 N–H and O–H groups in total. The summed E-state index contributed by atoms with van der Waals surface area (Å²) in [7, 11) is 0. The fraction of sp³-hybridized carbons (Fsp3) is 0.0714. The summed E-state index contributed by atoms with van der Waals surface area (Å²) in [5.41, 5.74) is 7.41. The lowest BCUT2D eigenvalue weighted by Crippen LogP contribution is -2.14. The highest BCUT2D eigenvalue weighted by Gasteiger charge is 2.14. The maximum atomic E-state index is 12.2. The van der Waals surface area contributed by atoms with Crippen molar-refractivity contribution in [2.75, 3.05) is 11.1 Å². The number of anilines is 2. The molecule has 0 saturated carbocycles. The second-order valence-electron chi connectivity index (χ2n) is 4.44. The van der Waals surface area contributed by atoms with Gasteiger partial charge in [0.25, 0.3) is 11.6 Å². The van der Waals surface area contributed by atoms with Crippen LogP contribution in [0.5, 0.6) is 0 Å². The lowest BCUT2D eigenvalue weighted by molar-refractivity contribution is -0.385. The summed E-state index contributed by atoms with van der Waals surface area (Å²) in [4.78, 5) is 22.5. The van der Waals surface area contributed by atoms with Crippen molar-refractivity contribution in [2.24, 2.45) is 0 Å². The zero-order valence-electron chi connectivity index (χ0n) is 11.1. The van der Waals surface area contributed by atoms with Crippen molar-refractivity contribution in [2.45, 2.75) is 6.92 Å². The number of hydrogen-bond acceptors (Lipinski definition) is 4. The summed E-state index contributed by atoms with van der Waals surface area (Å²) >= 11 is 3.28. The summed E-state index contributed by atoms with van der Waals surface area (Å²) < 4.78 is 0.738. The number of nitro groups is 1. The monoisotopic (exact) mass is 349 g/mol. The van der Waals surface area contributed by atoms with E-state index in [1.54, 1.807) is 31.2 Å². The number of rotatable bonds is 3. The molecule has 0 radical (unpaired) electrons. The number of carbonyl (C=O) groups excluding carboxylic acids is 1. The minimum absolute atomic E-state index is 0.00923. The molecule has 0 spiro atoms. The minimum atomic E-state index is -0.465. The average molecular weight is 350 g/mol. The van der Waals surface area contributed by atoms with Crippen molar-refractivity contribution in [3.63, 3.8) is 0 Å². The number of nitro benzene ring substituents is 1. The average Bonchev–Trinajstić information content (AvgIpc) is 2.41. The molecule has 0 atom stereocenters. The van der Waals surface area contributed by atoms with Crippen LogP contribution < -0.4 is 11.1 Å². The Kier molecular flexibility index (Phi) is 4.23. The highest BCUT2D eigenvalue weighted by Crippen LogP contribution is 2.23. The first-order valence-corrected chi connectivity index (χ1v) is 6.79. The van der Waals surface area contributed by atoms with E-state index >= 15 is 0 Å². The van der Waals surface area contributed by atoms with Gasteiger partial charge in [0.15, 0.2) is 0 Å². The van der Waals surface area contributed by atoms with E-state index in [-0.39, 0.29) is 11.6 Å². The fourth-order valence-electron chi connectivity index (χ4n) is 1.86. The van der Waals surface area contributed by atoms with Gasteiger partial charge in [-0.15, -0.1) is 0 Å². The standard InChI is InChI=1S/C14H12BrN3O3/c1-8-6-10(3-5-13(8)18(20)21)17-14(19)11-7-9(15)2-4-12(11)16/h2-7H,16H2,1H3,(H,17,19). The van der Waals surface area contributed by atoms with Crippen LogP contribution in [0.15, 0.2) is 40.9 Å². The van der Waals surface area contributed by atoms with Crippen LogP contribution in [0, 0.1) is 17.0 Å². The van der Waals surface area contributed by atoms with Crippen molar-refractivity contribution in [1.29, 1.82) is 0 Å². The normalized spacial score (nSPS) is 10.2. The van der Waals surface area contributed by atoms with E-state index in [0.717, 1.165) is 4.47 Å². The van der Waals surface area contributed by atoms with E-state index in [1.807, 2.05) is 0 Å². The lowest BCUT2D eigenvalue weighted by Gasteiger charge is -2.09. The maximum absolute atomic E-state index is 12.2. The first kappa shape index (κ1) is 15.0. The molecule has 2 rings (SSSR count). The van der Waals surface area contributed by atoms with E-state index in [1.165, 1.54) is 12.1 Å². The maximum Gasteiger partial charge on any atom is 0.272 e. The quantitative estimate of drug-likeness (QED) is 0.503. The number of nitrogen functional groups attached to an aromatic ring is 1. The molecule has 0 aromatic heterocycles. The fourth-order valence-corrected chi connectivity index (χ4v) is 2.22. The number of amides is 1. The largest absolute Gasteiger partial charge is 0.398 e. The molecule has 0 saturated heterocycles. The van der Waals surface area contributed by atoms with Gasteiger partial charge in [0, 0.05) is 27.5 Å². The third-order valence-electron chi connectivity index (χ3n) is 2.91. The molecule has 21 heavy (non-hydrogen) atoms. The van der Waals surface area contributed by atoms with Crippen LogP contribution in [0.3, 0.4) is 0 Å². The van der Waals surface area contributed by atoms with Crippen LogP contribution in [-0.4, -0.2) is 10.8 Å². The van der Waals surface area contributed by atoms with Gasteiger partial charge in [-0.05, 0) is 37.3 Å². The number of aryl methyl sites for hydroxylation is 1. The molecule has 0 aliphatic rings. The topological polar surface area (TPSA) is 98.3 Å². The predicted molar refractivity (Wildman–Crippen MR) is 84.3 cm³/mol. The molecule has 1 amide bonds. The highest BCUT2D eigenvalue weighted by molar-refractivity contribution is 9.10. The van der Waals surface area contributed by atoms with Crippen molar-refractivity contribution in [3.05, 3.63) is 62.1 Å². The van der Waals surface area contributed by atoms with E-state index in [9.17, 15) is 14.9 Å². The number of nitrogens with one attached hydrogen (secondary N) is 1. The lowest BCUT2D eigenvalue weighted by atomic mass is 10.1. The Balaban J connectivity index is 2.26. The third kappa shape index (κ3) is 3.38. The smallest absolute Gasteiger partial charge is 0.272 e. The van der Waals surface area contributed by atoms with Gasteiger partial charge in [-0.1, -0.05) is 15.9 Å². The molecule has 0 unspecified atom stereocenters. The first-order chi connectivity index (χ1) is 9.88. The summed E-state index contributed by atoms with van der Waals surface area (Å²) in [5.74, 6) is -0.373. The van der Waals surface area contributed by atoms with Gasteiger partial charge in [0.1, 0.15) is 0 Å². The van der Waals surface area contributed by atoms with Crippen molar-refractivity contribution >= 4 is 38.9 Å². The predicted octanol–water partition coefficient (Wildman–Crippen LogP) is 3.50. The Morgan fingerprint density at radius 1 is 1.29 bits per heavy atom. The zero-order valence-corrected chi connectivity index (χ0v) is 12.7. The van der Waals surface area contributed by atoms with Crippen molar-refractivity contribution < 1.29 is 9.72 Å². The Hall–Kier alpha value is -2.41. The number of nitrogens with zero attached hydrogens (tertiary/aromatic N) is 1.